The van der Waals surface area contributed by atoms with Crippen molar-refractivity contribution < 1.29 is 8.42 Å². The average Bonchev–Trinajstić information content (AvgIpc) is 2.36. The number of nitrogens with one attached hydrogen (secondary N) is 2. The maximum Gasteiger partial charge on any atom is 0.215 e. The molecule has 0 spiro atoms. The van der Waals surface area contributed by atoms with Gasteiger partial charge in [0.1, 0.15) is 0 Å². The molecule has 1 fully saturated rings. The molecule has 1 atom stereocenters. The van der Waals surface area contributed by atoms with E-state index in [1.165, 1.54) is 19.3 Å². The standard InChI is InChI=1S/C13H29N3O2S/c1-12(2)14-11-13(3)19(17,18)15-7-10-16-8-5-4-6-9-16/h12-15H,4-11H2,1-3H3. The molecule has 0 amide bonds. The van der Waals surface area contributed by atoms with Crippen molar-refractivity contribution in [3.05, 3.63) is 0 Å². The summed E-state index contributed by atoms with van der Waals surface area (Å²) in [4.78, 5) is 2.34. The minimum absolute atomic E-state index is 0.311. The summed E-state index contributed by atoms with van der Waals surface area (Å²) in [5, 5.41) is 2.77. The van der Waals surface area contributed by atoms with E-state index in [9.17, 15) is 8.42 Å². The van der Waals surface area contributed by atoms with E-state index in [2.05, 4.69) is 14.9 Å². The van der Waals surface area contributed by atoms with Crippen LogP contribution in [0.2, 0.25) is 0 Å². The quantitative estimate of drug-likeness (QED) is 0.694. The molecule has 0 aromatic heterocycles. The zero-order valence-corrected chi connectivity index (χ0v) is 13.3. The van der Waals surface area contributed by atoms with Crippen molar-refractivity contribution in [2.45, 2.75) is 51.3 Å². The number of hydrogen-bond donors (Lipinski definition) is 2. The van der Waals surface area contributed by atoms with E-state index < -0.39 is 15.3 Å². The summed E-state index contributed by atoms with van der Waals surface area (Å²) in [6.07, 6.45) is 3.78. The Kier molecular flexibility index (Phi) is 7.28. The van der Waals surface area contributed by atoms with Gasteiger partial charge < -0.3 is 10.2 Å². The topological polar surface area (TPSA) is 61.4 Å². The molecule has 0 aliphatic carbocycles. The monoisotopic (exact) mass is 291 g/mol. The van der Waals surface area contributed by atoms with Crippen molar-refractivity contribution in [3.8, 4) is 0 Å². The first-order valence-electron chi connectivity index (χ1n) is 7.36. The third-order valence-electron chi connectivity index (χ3n) is 3.52. The molecule has 0 aromatic rings. The van der Waals surface area contributed by atoms with Crippen molar-refractivity contribution in [2.24, 2.45) is 0 Å². The van der Waals surface area contributed by atoms with Gasteiger partial charge in [-0.05, 0) is 32.9 Å². The fourth-order valence-corrected chi connectivity index (χ4v) is 3.16. The highest BCUT2D eigenvalue weighted by Gasteiger charge is 2.20. The molecule has 1 unspecified atom stereocenters. The predicted octanol–water partition coefficient (Wildman–Crippen LogP) is 0.778. The second-order valence-electron chi connectivity index (χ2n) is 5.72. The molecule has 0 bridgehead atoms. The smallest absolute Gasteiger partial charge is 0.215 e. The van der Waals surface area contributed by atoms with Crippen molar-refractivity contribution in [1.29, 1.82) is 0 Å². The summed E-state index contributed by atoms with van der Waals surface area (Å²) in [5.74, 6) is 0. The van der Waals surface area contributed by atoms with Crippen LogP contribution in [0.5, 0.6) is 0 Å². The van der Waals surface area contributed by atoms with Gasteiger partial charge >= 0.3 is 0 Å². The maximum absolute atomic E-state index is 12.0. The van der Waals surface area contributed by atoms with Gasteiger partial charge in [0.25, 0.3) is 0 Å². The van der Waals surface area contributed by atoms with Crippen molar-refractivity contribution >= 4 is 10.0 Å². The summed E-state index contributed by atoms with van der Waals surface area (Å²) < 4.78 is 26.8. The highest BCUT2D eigenvalue weighted by molar-refractivity contribution is 7.90. The number of piperidine rings is 1. The summed E-state index contributed by atoms with van der Waals surface area (Å²) >= 11 is 0. The van der Waals surface area contributed by atoms with Crippen LogP contribution in [0.15, 0.2) is 0 Å². The van der Waals surface area contributed by atoms with Crippen molar-refractivity contribution in [1.82, 2.24) is 14.9 Å². The number of sulfonamides is 1. The molecule has 6 heteroatoms. The molecule has 1 aliphatic heterocycles. The van der Waals surface area contributed by atoms with E-state index in [0.29, 0.717) is 19.1 Å². The molecular weight excluding hydrogens is 262 g/mol. The van der Waals surface area contributed by atoms with Crippen LogP contribution in [0, 0.1) is 0 Å². The second kappa shape index (κ2) is 8.19. The molecule has 1 saturated heterocycles. The third kappa shape index (κ3) is 6.70. The Balaban J connectivity index is 2.25. The summed E-state index contributed by atoms with van der Waals surface area (Å²) in [7, 11) is -3.20. The zero-order chi connectivity index (χ0) is 14.3. The van der Waals surface area contributed by atoms with Gasteiger partial charge in [0.05, 0.1) is 5.25 Å². The number of hydrogen-bond acceptors (Lipinski definition) is 4. The molecule has 19 heavy (non-hydrogen) atoms. The predicted molar refractivity (Wildman–Crippen MR) is 79.8 cm³/mol. The molecule has 5 nitrogen and oxygen atoms in total. The molecule has 0 radical (unpaired) electrons. The lowest BCUT2D eigenvalue weighted by Crippen LogP contribution is -2.43. The van der Waals surface area contributed by atoms with Crippen LogP contribution in [0.3, 0.4) is 0 Å². The highest BCUT2D eigenvalue weighted by atomic mass is 32.2. The SMILES string of the molecule is CC(C)NCC(C)S(=O)(=O)NCCN1CCCCC1. The first kappa shape index (κ1) is 16.9. The fourth-order valence-electron chi connectivity index (χ4n) is 2.18. The lowest BCUT2D eigenvalue weighted by molar-refractivity contribution is 0.232. The molecule has 1 aliphatic rings. The molecular formula is C13H29N3O2S. The average molecular weight is 291 g/mol. The van der Waals surface area contributed by atoms with E-state index in [1.54, 1.807) is 6.92 Å². The maximum atomic E-state index is 12.0. The van der Waals surface area contributed by atoms with Gasteiger partial charge in [-0.1, -0.05) is 20.3 Å². The van der Waals surface area contributed by atoms with Crippen LogP contribution in [0.4, 0.5) is 0 Å². The summed E-state index contributed by atoms with van der Waals surface area (Å²) in [5.41, 5.74) is 0. The summed E-state index contributed by atoms with van der Waals surface area (Å²) in [6.45, 7) is 9.83. The Morgan fingerprint density at radius 3 is 2.32 bits per heavy atom. The van der Waals surface area contributed by atoms with E-state index in [1.807, 2.05) is 13.8 Å². The normalized spacial score (nSPS) is 19.8. The van der Waals surface area contributed by atoms with Gasteiger partial charge in [-0.25, -0.2) is 13.1 Å². The van der Waals surface area contributed by atoms with Crippen LogP contribution < -0.4 is 10.0 Å². The zero-order valence-electron chi connectivity index (χ0n) is 12.5. The first-order chi connectivity index (χ1) is 8.92. The van der Waals surface area contributed by atoms with E-state index in [0.717, 1.165) is 19.6 Å². The molecule has 1 heterocycles. The first-order valence-corrected chi connectivity index (χ1v) is 8.90. The number of rotatable bonds is 8. The Morgan fingerprint density at radius 1 is 1.11 bits per heavy atom. The van der Waals surface area contributed by atoms with Gasteiger partial charge in [0.15, 0.2) is 0 Å². The van der Waals surface area contributed by atoms with Crippen LogP contribution in [0.1, 0.15) is 40.0 Å². The van der Waals surface area contributed by atoms with E-state index in [4.69, 9.17) is 0 Å². The Morgan fingerprint density at radius 2 is 1.74 bits per heavy atom. The van der Waals surface area contributed by atoms with Crippen LogP contribution >= 0.6 is 0 Å². The number of nitrogens with zero attached hydrogens (tertiary/aromatic N) is 1. The van der Waals surface area contributed by atoms with Crippen molar-refractivity contribution in [2.75, 3.05) is 32.7 Å². The fraction of sp³-hybridized carbons (Fsp3) is 1.00. The largest absolute Gasteiger partial charge is 0.313 e. The van der Waals surface area contributed by atoms with Gasteiger partial charge in [0, 0.05) is 25.7 Å². The van der Waals surface area contributed by atoms with Crippen LogP contribution in [-0.2, 0) is 10.0 Å². The van der Waals surface area contributed by atoms with Crippen LogP contribution in [0.25, 0.3) is 0 Å². The lowest BCUT2D eigenvalue weighted by Gasteiger charge is -2.26. The minimum atomic E-state index is -3.20. The Hall–Kier alpha value is -0.170. The van der Waals surface area contributed by atoms with Gasteiger partial charge in [-0.3, -0.25) is 0 Å². The second-order valence-corrected chi connectivity index (χ2v) is 7.90. The molecule has 1 rings (SSSR count). The highest BCUT2D eigenvalue weighted by Crippen LogP contribution is 2.07. The minimum Gasteiger partial charge on any atom is -0.313 e. The Bertz CT molecular complexity index is 338. The van der Waals surface area contributed by atoms with Gasteiger partial charge in [0.2, 0.25) is 10.0 Å². The molecule has 2 N–H and O–H groups in total. The molecule has 0 aromatic carbocycles. The third-order valence-corrected chi connectivity index (χ3v) is 5.36. The molecule has 114 valence electrons. The van der Waals surface area contributed by atoms with Gasteiger partial charge in [-0.15, -0.1) is 0 Å². The lowest BCUT2D eigenvalue weighted by atomic mass is 10.1. The van der Waals surface area contributed by atoms with E-state index >= 15 is 0 Å². The van der Waals surface area contributed by atoms with E-state index in [-0.39, 0.29) is 0 Å². The number of likely N-dealkylation sites (tertiary alicyclic amines) is 1. The molecule has 0 saturated carbocycles. The Labute approximate surface area is 118 Å². The summed E-state index contributed by atoms with van der Waals surface area (Å²) in [6, 6.07) is 0.311. The van der Waals surface area contributed by atoms with Gasteiger partial charge in [-0.2, -0.15) is 0 Å². The van der Waals surface area contributed by atoms with Crippen molar-refractivity contribution in [3.63, 3.8) is 0 Å². The van der Waals surface area contributed by atoms with Crippen LogP contribution in [-0.4, -0.2) is 57.3 Å².